The van der Waals surface area contributed by atoms with Crippen molar-refractivity contribution in [2.75, 3.05) is 7.11 Å². The van der Waals surface area contributed by atoms with Crippen molar-refractivity contribution >= 4 is 0 Å². The van der Waals surface area contributed by atoms with E-state index in [-0.39, 0.29) is 0 Å². The van der Waals surface area contributed by atoms with E-state index in [2.05, 4.69) is 15.0 Å². The zero-order valence-corrected chi connectivity index (χ0v) is 9.63. The van der Waals surface area contributed by atoms with Crippen LogP contribution in [0, 0.1) is 0 Å². The minimum atomic E-state index is 0.427. The second-order valence-corrected chi connectivity index (χ2v) is 3.55. The molecule has 0 saturated heterocycles. The highest BCUT2D eigenvalue weighted by molar-refractivity contribution is 5.21. The summed E-state index contributed by atoms with van der Waals surface area (Å²) in [7, 11) is 1.59. The van der Waals surface area contributed by atoms with Gasteiger partial charge in [-0.15, -0.1) is 0 Å². The molecule has 2 N–H and O–H groups in total. The maximum Gasteiger partial charge on any atom is 0.212 e. The van der Waals surface area contributed by atoms with Crippen LogP contribution in [0.15, 0.2) is 30.6 Å². The van der Waals surface area contributed by atoms with Crippen LogP contribution in [-0.4, -0.2) is 22.1 Å². The number of hydrogen-bond acceptors (Lipinski definition) is 5. The first kappa shape index (κ1) is 11.5. The van der Waals surface area contributed by atoms with Gasteiger partial charge in [-0.25, -0.2) is 15.0 Å². The molecule has 0 aliphatic heterocycles. The molecular weight excluding hydrogens is 216 g/mol. The van der Waals surface area contributed by atoms with E-state index in [9.17, 15) is 0 Å². The predicted molar refractivity (Wildman–Crippen MR) is 63.5 cm³/mol. The number of ether oxygens (including phenoxy) is 1. The Hall–Kier alpha value is -2.01. The summed E-state index contributed by atoms with van der Waals surface area (Å²) < 4.78 is 5.00. The highest BCUT2D eigenvalue weighted by atomic mass is 16.5. The van der Waals surface area contributed by atoms with Gasteiger partial charge in [0.15, 0.2) is 0 Å². The van der Waals surface area contributed by atoms with Gasteiger partial charge in [-0.1, -0.05) is 6.07 Å². The van der Waals surface area contributed by atoms with Crippen molar-refractivity contribution in [3.63, 3.8) is 0 Å². The standard InChI is InChI=1S/C12H14N4O/c1-17-12-3-2-9(8-15-12)6-11-14-5-4-10(7-13)16-11/h2-5,8H,6-7,13H2,1H3. The van der Waals surface area contributed by atoms with Gasteiger partial charge in [0.2, 0.25) is 5.88 Å². The molecule has 0 amide bonds. The van der Waals surface area contributed by atoms with E-state index in [0.29, 0.717) is 18.8 Å². The first-order valence-corrected chi connectivity index (χ1v) is 5.31. The molecule has 2 aromatic rings. The van der Waals surface area contributed by atoms with E-state index in [4.69, 9.17) is 10.5 Å². The molecule has 5 nitrogen and oxygen atoms in total. The third kappa shape index (κ3) is 2.98. The molecule has 0 aliphatic rings. The van der Waals surface area contributed by atoms with Crippen molar-refractivity contribution in [1.29, 1.82) is 0 Å². The van der Waals surface area contributed by atoms with Crippen LogP contribution < -0.4 is 10.5 Å². The third-order valence-corrected chi connectivity index (χ3v) is 2.34. The second-order valence-electron chi connectivity index (χ2n) is 3.55. The van der Waals surface area contributed by atoms with Gasteiger partial charge >= 0.3 is 0 Å². The number of nitrogens with two attached hydrogens (primary N) is 1. The Bertz CT molecular complexity index is 484. The molecule has 0 aliphatic carbocycles. The molecule has 88 valence electrons. The van der Waals surface area contributed by atoms with E-state index in [1.54, 1.807) is 19.5 Å². The molecule has 5 heteroatoms. The van der Waals surface area contributed by atoms with Gasteiger partial charge in [0, 0.05) is 31.4 Å². The van der Waals surface area contributed by atoms with Crippen molar-refractivity contribution in [3.05, 3.63) is 47.7 Å². The molecule has 2 rings (SSSR count). The minimum Gasteiger partial charge on any atom is -0.481 e. The Labute approximate surface area is 99.7 Å². The van der Waals surface area contributed by atoms with Crippen LogP contribution in [0.3, 0.4) is 0 Å². The number of methoxy groups -OCH3 is 1. The number of hydrogen-bond donors (Lipinski definition) is 1. The fourth-order valence-corrected chi connectivity index (χ4v) is 1.46. The molecular formula is C12H14N4O. The Balaban J connectivity index is 2.13. The first-order chi connectivity index (χ1) is 8.31. The van der Waals surface area contributed by atoms with Crippen molar-refractivity contribution in [1.82, 2.24) is 15.0 Å². The molecule has 2 heterocycles. The summed E-state index contributed by atoms with van der Waals surface area (Å²) in [6.45, 7) is 0.427. The Morgan fingerprint density at radius 3 is 2.76 bits per heavy atom. The molecule has 0 saturated carbocycles. The summed E-state index contributed by atoms with van der Waals surface area (Å²) >= 11 is 0. The fraction of sp³-hybridized carbons (Fsp3) is 0.250. The molecule has 0 aromatic carbocycles. The Morgan fingerprint density at radius 1 is 1.24 bits per heavy atom. The van der Waals surface area contributed by atoms with Crippen LogP contribution in [0.4, 0.5) is 0 Å². The van der Waals surface area contributed by atoms with E-state index in [0.717, 1.165) is 17.1 Å². The summed E-state index contributed by atoms with van der Waals surface area (Å²) in [4.78, 5) is 12.7. The summed E-state index contributed by atoms with van der Waals surface area (Å²) in [5.74, 6) is 1.35. The van der Waals surface area contributed by atoms with Crippen LogP contribution in [0.2, 0.25) is 0 Å². The summed E-state index contributed by atoms with van der Waals surface area (Å²) in [5.41, 5.74) is 7.42. The van der Waals surface area contributed by atoms with Gasteiger partial charge < -0.3 is 10.5 Å². The van der Waals surface area contributed by atoms with Crippen LogP contribution >= 0.6 is 0 Å². The molecule has 0 spiro atoms. The molecule has 0 unspecified atom stereocenters. The van der Waals surface area contributed by atoms with Crippen molar-refractivity contribution in [2.45, 2.75) is 13.0 Å². The zero-order chi connectivity index (χ0) is 12.1. The lowest BCUT2D eigenvalue weighted by Gasteiger charge is -2.03. The van der Waals surface area contributed by atoms with Gasteiger partial charge in [0.1, 0.15) is 5.82 Å². The summed E-state index contributed by atoms with van der Waals surface area (Å²) in [6.07, 6.45) is 4.13. The van der Waals surface area contributed by atoms with Gasteiger partial charge in [-0.2, -0.15) is 0 Å². The lowest BCUT2D eigenvalue weighted by molar-refractivity contribution is 0.397. The largest absolute Gasteiger partial charge is 0.481 e. The van der Waals surface area contributed by atoms with Crippen LogP contribution in [0.1, 0.15) is 17.1 Å². The fourth-order valence-electron chi connectivity index (χ4n) is 1.46. The van der Waals surface area contributed by atoms with Gasteiger partial charge in [0.25, 0.3) is 0 Å². The quantitative estimate of drug-likeness (QED) is 0.845. The smallest absolute Gasteiger partial charge is 0.212 e. The first-order valence-electron chi connectivity index (χ1n) is 5.31. The minimum absolute atomic E-state index is 0.427. The van der Waals surface area contributed by atoms with E-state index in [1.165, 1.54) is 0 Å². The Morgan fingerprint density at radius 2 is 2.12 bits per heavy atom. The lowest BCUT2D eigenvalue weighted by atomic mass is 10.2. The number of rotatable bonds is 4. The van der Waals surface area contributed by atoms with Crippen molar-refractivity contribution < 1.29 is 4.74 Å². The molecule has 0 radical (unpaired) electrons. The molecule has 0 fully saturated rings. The molecule has 2 aromatic heterocycles. The number of pyridine rings is 1. The van der Waals surface area contributed by atoms with E-state index < -0.39 is 0 Å². The zero-order valence-electron chi connectivity index (χ0n) is 9.63. The lowest BCUT2D eigenvalue weighted by Crippen LogP contribution is -2.04. The van der Waals surface area contributed by atoms with Crippen LogP contribution in [0.25, 0.3) is 0 Å². The monoisotopic (exact) mass is 230 g/mol. The number of nitrogens with zero attached hydrogens (tertiary/aromatic N) is 3. The summed E-state index contributed by atoms with van der Waals surface area (Å²) in [5, 5.41) is 0. The van der Waals surface area contributed by atoms with Gasteiger partial charge in [0.05, 0.1) is 12.8 Å². The second kappa shape index (κ2) is 5.36. The third-order valence-electron chi connectivity index (χ3n) is 2.34. The van der Waals surface area contributed by atoms with Crippen LogP contribution in [0.5, 0.6) is 5.88 Å². The Kier molecular flexibility index (Phi) is 3.62. The number of aromatic nitrogens is 3. The predicted octanol–water partition coefficient (Wildman–Crippen LogP) is 0.930. The highest BCUT2D eigenvalue weighted by Crippen LogP contribution is 2.09. The maximum atomic E-state index is 5.53. The molecule has 17 heavy (non-hydrogen) atoms. The van der Waals surface area contributed by atoms with E-state index >= 15 is 0 Å². The van der Waals surface area contributed by atoms with Crippen LogP contribution in [-0.2, 0) is 13.0 Å². The maximum absolute atomic E-state index is 5.53. The van der Waals surface area contributed by atoms with Crippen molar-refractivity contribution in [3.8, 4) is 5.88 Å². The summed E-state index contributed by atoms with van der Waals surface area (Å²) in [6, 6.07) is 5.59. The average Bonchev–Trinajstić information content (AvgIpc) is 2.40. The topological polar surface area (TPSA) is 73.9 Å². The van der Waals surface area contributed by atoms with Gasteiger partial charge in [-0.3, -0.25) is 0 Å². The normalized spacial score (nSPS) is 10.2. The van der Waals surface area contributed by atoms with Gasteiger partial charge in [-0.05, 0) is 11.6 Å². The van der Waals surface area contributed by atoms with Crippen molar-refractivity contribution in [2.24, 2.45) is 5.73 Å². The SMILES string of the molecule is COc1ccc(Cc2nccc(CN)n2)cn1. The average molecular weight is 230 g/mol. The van der Waals surface area contributed by atoms with E-state index in [1.807, 2.05) is 18.2 Å². The molecule has 0 bridgehead atoms. The molecule has 0 atom stereocenters. The highest BCUT2D eigenvalue weighted by Gasteiger charge is 2.01.